The molecule has 0 aliphatic heterocycles. The smallest absolute Gasteiger partial charge is 0.249 e. The maximum atomic E-state index is 12.4. The van der Waals surface area contributed by atoms with Crippen LogP contribution in [0.1, 0.15) is 18.1 Å². The van der Waals surface area contributed by atoms with E-state index < -0.39 is 0 Å². The Labute approximate surface area is 178 Å². The van der Waals surface area contributed by atoms with E-state index in [9.17, 15) is 4.79 Å². The number of anilines is 1. The van der Waals surface area contributed by atoms with E-state index >= 15 is 0 Å². The number of methoxy groups -OCH3 is 1. The SMILES string of the molecule is COc1c(/C(C)=C/C(=O)Nc2ccon2)cc2c(-c3ccc(Cl)cc3)coc2c1C. The lowest BCUT2D eigenvalue weighted by Crippen LogP contribution is -2.09. The average Bonchev–Trinajstić information content (AvgIpc) is 3.38. The molecule has 0 fully saturated rings. The number of nitrogens with one attached hydrogen (secondary N) is 1. The number of aromatic nitrogens is 1. The van der Waals surface area contributed by atoms with Crippen LogP contribution in [-0.4, -0.2) is 18.2 Å². The Bertz CT molecular complexity index is 1240. The van der Waals surface area contributed by atoms with E-state index in [-0.39, 0.29) is 5.91 Å². The molecule has 2 aromatic heterocycles. The third-order valence-corrected chi connectivity index (χ3v) is 5.12. The normalized spacial score (nSPS) is 11.7. The molecule has 0 saturated heterocycles. The molecule has 152 valence electrons. The molecular formula is C23H19ClN2O4. The summed E-state index contributed by atoms with van der Waals surface area (Å²) in [5, 5.41) is 7.94. The van der Waals surface area contributed by atoms with Crippen molar-refractivity contribution in [2.24, 2.45) is 0 Å². The molecular weight excluding hydrogens is 404 g/mol. The van der Waals surface area contributed by atoms with Crippen molar-refractivity contribution in [3.05, 3.63) is 71.2 Å². The number of aryl methyl sites for hydroxylation is 1. The number of amides is 1. The maximum absolute atomic E-state index is 12.4. The molecule has 6 nitrogen and oxygen atoms in total. The molecule has 1 amide bonds. The van der Waals surface area contributed by atoms with Gasteiger partial charge in [0.2, 0.25) is 5.91 Å². The number of carbonyl (C=O) groups is 1. The second kappa shape index (κ2) is 8.08. The van der Waals surface area contributed by atoms with E-state index in [0.717, 1.165) is 38.8 Å². The molecule has 4 aromatic rings. The molecule has 1 N–H and O–H groups in total. The van der Waals surface area contributed by atoms with Gasteiger partial charge in [-0.25, -0.2) is 0 Å². The highest BCUT2D eigenvalue weighted by atomic mass is 35.5. The number of fused-ring (bicyclic) bond motifs is 1. The van der Waals surface area contributed by atoms with Crippen LogP contribution >= 0.6 is 11.6 Å². The topological polar surface area (TPSA) is 77.5 Å². The van der Waals surface area contributed by atoms with E-state index in [4.69, 9.17) is 25.3 Å². The van der Waals surface area contributed by atoms with Crippen LogP contribution in [0.4, 0.5) is 5.82 Å². The number of benzene rings is 2. The second-order valence-corrected chi connectivity index (χ2v) is 7.25. The molecule has 2 aromatic carbocycles. The van der Waals surface area contributed by atoms with E-state index in [0.29, 0.717) is 16.6 Å². The largest absolute Gasteiger partial charge is 0.496 e. The van der Waals surface area contributed by atoms with Crippen molar-refractivity contribution >= 4 is 39.9 Å². The van der Waals surface area contributed by atoms with Crippen LogP contribution in [0.2, 0.25) is 5.02 Å². The van der Waals surface area contributed by atoms with Gasteiger partial charge < -0.3 is 19.0 Å². The Morgan fingerprint density at radius 3 is 2.67 bits per heavy atom. The van der Waals surface area contributed by atoms with Gasteiger partial charge in [-0.2, -0.15) is 0 Å². The summed E-state index contributed by atoms with van der Waals surface area (Å²) in [7, 11) is 1.60. The predicted molar refractivity (Wildman–Crippen MR) is 117 cm³/mol. The number of ether oxygens (including phenoxy) is 1. The Balaban J connectivity index is 1.80. The summed E-state index contributed by atoms with van der Waals surface area (Å²) in [4.78, 5) is 12.4. The number of hydrogen-bond donors (Lipinski definition) is 1. The third kappa shape index (κ3) is 3.69. The van der Waals surface area contributed by atoms with Crippen LogP contribution in [0.15, 0.2) is 63.9 Å². The van der Waals surface area contributed by atoms with Crippen molar-refractivity contribution in [2.75, 3.05) is 12.4 Å². The van der Waals surface area contributed by atoms with Gasteiger partial charge in [0.1, 0.15) is 17.6 Å². The van der Waals surface area contributed by atoms with Crippen molar-refractivity contribution in [1.29, 1.82) is 0 Å². The zero-order chi connectivity index (χ0) is 21.3. The number of hydrogen-bond acceptors (Lipinski definition) is 5. The van der Waals surface area contributed by atoms with E-state index in [2.05, 4.69) is 10.5 Å². The van der Waals surface area contributed by atoms with Gasteiger partial charge >= 0.3 is 0 Å². The highest BCUT2D eigenvalue weighted by Crippen LogP contribution is 2.40. The summed E-state index contributed by atoms with van der Waals surface area (Å²) in [6.07, 6.45) is 4.62. The van der Waals surface area contributed by atoms with Crippen LogP contribution in [0.3, 0.4) is 0 Å². The summed E-state index contributed by atoms with van der Waals surface area (Å²) >= 11 is 6.03. The van der Waals surface area contributed by atoms with Crippen LogP contribution in [-0.2, 0) is 4.79 Å². The molecule has 0 spiro atoms. The lowest BCUT2D eigenvalue weighted by molar-refractivity contribution is -0.111. The van der Waals surface area contributed by atoms with Crippen molar-refractivity contribution < 1.29 is 18.5 Å². The Morgan fingerprint density at radius 2 is 2.00 bits per heavy atom. The minimum atomic E-state index is -0.314. The lowest BCUT2D eigenvalue weighted by atomic mass is 9.96. The van der Waals surface area contributed by atoms with Crippen molar-refractivity contribution in [1.82, 2.24) is 5.16 Å². The summed E-state index contributed by atoms with van der Waals surface area (Å²) in [6, 6.07) is 11.1. The van der Waals surface area contributed by atoms with Gasteiger partial charge in [-0.1, -0.05) is 28.9 Å². The summed E-state index contributed by atoms with van der Waals surface area (Å²) in [5.41, 5.74) is 5.05. The highest BCUT2D eigenvalue weighted by molar-refractivity contribution is 6.30. The van der Waals surface area contributed by atoms with Gasteiger partial charge in [0.15, 0.2) is 5.82 Å². The van der Waals surface area contributed by atoms with Crippen molar-refractivity contribution in [2.45, 2.75) is 13.8 Å². The van der Waals surface area contributed by atoms with Gasteiger partial charge in [-0.05, 0) is 43.2 Å². The first-order chi connectivity index (χ1) is 14.5. The summed E-state index contributed by atoms with van der Waals surface area (Å²) < 4.78 is 16.2. The number of nitrogens with zero attached hydrogens (tertiary/aromatic N) is 1. The molecule has 0 aliphatic carbocycles. The van der Waals surface area contributed by atoms with Crippen molar-refractivity contribution in [3.63, 3.8) is 0 Å². The molecule has 4 rings (SSSR count). The minimum Gasteiger partial charge on any atom is -0.496 e. The summed E-state index contributed by atoms with van der Waals surface area (Å²) in [5.74, 6) is 0.691. The second-order valence-electron chi connectivity index (χ2n) is 6.82. The fourth-order valence-electron chi connectivity index (χ4n) is 3.44. The fraction of sp³-hybridized carbons (Fsp3) is 0.130. The first-order valence-corrected chi connectivity index (χ1v) is 9.60. The number of rotatable bonds is 5. The lowest BCUT2D eigenvalue weighted by Gasteiger charge is -2.13. The zero-order valence-electron chi connectivity index (χ0n) is 16.7. The van der Waals surface area contributed by atoms with E-state index in [1.54, 1.807) is 19.4 Å². The molecule has 0 saturated carbocycles. The number of halogens is 1. The number of carbonyl (C=O) groups excluding carboxylic acids is 1. The van der Waals surface area contributed by atoms with Crippen LogP contribution in [0.5, 0.6) is 5.75 Å². The molecule has 30 heavy (non-hydrogen) atoms. The molecule has 0 radical (unpaired) electrons. The van der Waals surface area contributed by atoms with Gasteiger partial charge in [0, 0.05) is 39.2 Å². The average molecular weight is 423 g/mol. The fourth-order valence-corrected chi connectivity index (χ4v) is 3.56. The Hall–Kier alpha value is -3.51. The maximum Gasteiger partial charge on any atom is 0.249 e. The molecule has 2 heterocycles. The zero-order valence-corrected chi connectivity index (χ0v) is 17.4. The van der Waals surface area contributed by atoms with Crippen molar-refractivity contribution in [3.8, 4) is 16.9 Å². The molecule has 7 heteroatoms. The van der Waals surface area contributed by atoms with Gasteiger partial charge in [0.25, 0.3) is 0 Å². The number of furan rings is 1. The molecule has 0 aliphatic rings. The Kier molecular flexibility index (Phi) is 5.33. The number of allylic oxidation sites excluding steroid dienone is 1. The minimum absolute atomic E-state index is 0.314. The van der Waals surface area contributed by atoms with Crippen LogP contribution < -0.4 is 10.1 Å². The molecule has 0 unspecified atom stereocenters. The van der Waals surface area contributed by atoms with E-state index in [1.807, 2.05) is 44.2 Å². The first kappa shape index (κ1) is 19.8. The monoisotopic (exact) mass is 422 g/mol. The van der Waals surface area contributed by atoms with Gasteiger partial charge in [-0.3, -0.25) is 4.79 Å². The van der Waals surface area contributed by atoms with Crippen LogP contribution in [0, 0.1) is 6.92 Å². The summed E-state index contributed by atoms with van der Waals surface area (Å²) in [6.45, 7) is 3.79. The molecule has 0 atom stereocenters. The Morgan fingerprint density at radius 1 is 1.23 bits per heavy atom. The molecule has 0 bridgehead atoms. The van der Waals surface area contributed by atoms with Crippen LogP contribution in [0.25, 0.3) is 27.7 Å². The first-order valence-electron chi connectivity index (χ1n) is 9.22. The van der Waals surface area contributed by atoms with Gasteiger partial charge in [-0.15, -0.1) is 0 Å². The third-order valence-electron chi connectivity index (χ3n) is 4.86. The quantitative estimate of drug-likeness (QED) is 0.393. The van der Waals surface area contributed by atoms with E-state index in [1.165, 1.54) is 12.3 Å². The van der Waals surface area contributed by atoms with Gasteiger partial charge in [0.05, 0.1) is 13.4 Å². The standard InChI is InChI=1S/C23H19ClN2O4/c1-13(10-21(27)25-20-8-9-30-26-20)17-11-18-19(15-4-6-16(24)7-5-15)12-29-23(18)14(2)22(17)28-3/h4-12H,1-3H3,(H,25,26,27)/b13-10+. The predicted octanol–water partition coefficient (Wildman–Crippen LogP) is 6.10. The highest BCUT2D eigenvalue weighted by Gasteiger charge is 2.19.